The summed E-state index contributed by atoms with van der Waals surface area (Å²) in [5.74, 6) is 0. The van der Waals surface area contributed by atoms with Crippen LogP contribution in [0.2, 0.25) is 0 Å². The van der Waals surface area contributed by atoms with E-state index >= 15 is 0 Å². The molecule has 80 valence electrons. The predicted molar refractivity (Wildman–Crippen MR) is 60.2 cm³/mol. The van der Waals surface area contributed by atoms with Crippen molar-refractivity contribution < 1.29 is 0 Å². The maximum Gasteiger partial charge on any atom is -0.00489 e. The second kappa shape index (κ2) is 11.9. The van der Waals surface area contributed by atoms with Gasteiger partial charge in [-0.3, -0.25) is 0 Å². The summed E-state index contributed by atoms with van der Waals surface area (Å²) in [4.78, 5) is 0. The lowest BCUT2D eigenvalue weighted by molar-refractivity contribution is 0.566. The minimum atomic E-state index is 1.17. The second-order valence-corrected chi connectivity index (χ2v) is 3.62. The van der Waals surface area contributed by atoms with Gasteiger partial charge < -0.3 is 10.6 Å². The first-order valence-corrected chi connectivity index (χ1v) is 5.77. The maximum atomic E-state index is 3.42. The van der Waals surface area contributed by atoms with E-state index < -0.39 is 0 Å². The Hall–Kier alpha value is -0.0800. The Labute approximate surface area is 83.5 Å². The highest BCUT2D eigenvalue weighted by Crippen LogP contribution is 2.01. The highest BCUT2D eigenvalue weighted by Gasteiger charge is 1.89. The molecule has 0 aliphatic carbocycles. The second-order valence-electron chi connectivity index (χ2n) is 3.62. The van der Waals surface area contributed by atoms with Crippen LogP contribution in [0.4, 0.5) is 0 Å². The fraction of sp³-hybridized carbons (Fsp3) is 1.00. The van der Waals surface area contributed by atoms with Gasteiger partial charge in [-0.05, 0) is 45.9 Å². The van der Waals surface area contributed by atoms with E-state index in [2.05, 4.69) is 17.6 Å². The van der Waals surface area contributed by atoms with Crippen LogP contribution in [-0.4, -0.2) is 26.7 Å². The van der Waals surface area contributed by atoms with Gasteiger partial charge in [0.1, 0.15) is 0 Å². The summed E-state index contributed by atoms with van der Waals surface area (Å²) in [5, 5.41) is 6.60. The van der Waals surface area contributed by atoms with Crippen LogP contribution in [0, 0.1) is 0 Å². The van der Waals surface area contributed by atoms with Crippen molar-refractivity contribution in [1.29, 1.82) is 0 Å². The molecule has 2 heteroatoms. The zero-order chi connectivity index (χ0) is 9.78. The number of unbranched alkanes of at least 4 members (excludes halogenated alkanes) is 4. The van der Waals surface area contributed by atoms with Crippen molar-refractivity contribution in [3.05, 3.63) is 0 Å². The van der Waals surface area contributed by atoms with Gasteiger partial charge in [0.15, 0.2) is 0 Å². The molecule has 0 rings (SSSR count). The Bertz CT molecular complexity index is 74.2. The summed E-state index contributed by atoms with van der Waals surface area (Å²) in [6, 6.07) is 0. The molecule has 0 saturated heterocycles. The zero-order valence-corrected chi connectivity index (χ0v) is 9.36. The van der Waals surface area contributed by atoms with Gasteiger partial charge in [-0.1, -0.05) is 26.2 Å². The van der Waals surface area contributed by atoms with Crippen LogP contribution < -0.4 is 10.6 Å². The van der Waals surface area contributed by atoms with E-state index in [1.165, 1.54) is 58.2 Å². The average Bonchev–Trinajstić information content (AvgIpc) is 2.16. The molecule has 0 atom stereocenters. The predicted octanol–water partition coefficient (Wildman–Crippen LogP) is 2.16. The first-order valence-electron chi connectivity index (χ1n) is 5.77. The van der Waals surface area contributed by atoms with Crippen molar-refractivity contribution in [1.82, 2.24) is 10.6 Å². The molecule has 0 amide bonds. The first kappa shape index (κ1) is 12.9. The Morgan fingerprint density at radius 1 is 0.769 bits per heavy atom. The zero-order valence-electron chi connectivity index (χ0n) is 9.36. The van der Waals surface area contributed by atoms with Gasteiger partial charge in [-0.15, -0.1) is 0 Å². The summed E-state index contributed by atoms with van der Waals surface area (Å²) in [7, 11) is 2.02. The van der Waals surface area contributed by atoms with Crippen molar-refractivity contribution in [2.75, 3.05) is 26.7 Å². The van der Waals surface area contributed by atoms with Crippen molar-refractivity contribution >= 4 is 0 Å². The van der Waals surface area contributed by atoms with Crippen LogP contribution in [0.1, 0.15) is 45.4 Å². The van der Waals surface area contributed by atoms with Gasteiger partial charge in [0, 0.05) is 0 Å². The molecule has 2 nitrogen and oxygen atoms in total. The SMILES string of the molecule is CCCNCCCCCCCNC. The molecule has 0 aromatic rings. The molecule has 0 spiro atoms. The molecular formula is C11H26N2. The molecule has 0 aliphatic heterocycles. The van der Waals surface area contributed by atoms with Gasteiger partial charge in [0.05, 0.1) is 0 Å². The third-order valence-electron chi connectivity index (χ3n) is 2.21. The Morgan fingerprint density at radius 3 is 2.00 bits per heavy atom. The summed E-state index contributed by atoms with van der Waals surface area (Å²) in [6.45, 7) is 5.78. The van der Waals surface area contributed by atoms with E-state index in [0.29, 0.717) is 0 Å². The molecule has 0 saturated carbocycles. The molecule has 0 fully saturated rings. The molecular weight excluding hydrogens is 160 g/mol. The van der Waals surface area contributed by atoms with Crippen LogP contribution >= 0.6 is 0 Å². The van der Waals surface area contributed by atoms with Gasteiger partial charge in [0.2, 0.25) is 0 Å². The van der Waals surface area contributed by atoms with Gasteiger partial charge in [0.25, 0.3) is 0 Å². The van der Waals surface area contributed by atoms with Crippen LogP contribution in [0.15, 0.2) is 0 Å². The highest BCUT2D eigenvalue weighted by molar-refractivity contribution is 4.49. The standard InChI is InChI=1S/C11H26N2/c1-3-9-13-11-8-6-4-5-7-10-12-2/h12-13H,3-11H2,1-2H3. The third kappa shape index (κ3) is 11.9. The molecule has 13 heavy (non-hydrogen) atoms. The number of hydrogen-bond acceptors (Lipinski definition) is 2. The van der Waals surface area contributed by atoms with E-state index in [9.17, 15) is 0 Å². The minimum Gasteiger partial charge on any atom is -0.320 e. The molecule has 0 aliphatic rings. The summed E-state index contributed by atoms with van der Waals surface area (Å²) >= 11 is 0. The lowest BCUT2D eigenvalue weighted by atomic mass is 10.1. The quantitative estimate of drug-likeness (QED) is 0.511. The monoisotopic (exact) mass is 186 g/mol. The van der Waals surface area contributed by atoms with E-state index in [0.717, 1.165) is 0 Å². The average molecular weight is 186 g/mol. The fourth-order valence-electron chi connectivity index (χ4n) is 1.38. The Morgan fingerprint density at radius 2 is 1.38 bits per heavy atom. The molecule has 0 aromatic carbocycles. The Kier molecular flexibility index (Phi) is 11.8. The highest BCUT2D eigenvalue weighted by atomic mass is 14.8. The van der Waals surface area contributed by atoms with Crippen molar-refractivity contribution in [3.8, 4) is 0 Å². The van der Waals surface area contributed by atoms with E-state index in [1.807, 2.05) is 7.05 Å². The smallest absolute Gasteiger partial charge is 0.00489 e. The summed E-state index contributed by atoms with van der Waals surface area (Å²) < 4.78 is 0. The summed E-state index contributed by atoms with van der Waals surface area (Å²) in [5.41, 5.74) is 0. The topological polar surface area (TPSA) is 24.1 Å². The molecule has 0 bridgehead atoms. The maximum absolute atomic E-state index is 3.42. The third-order valence-corrected chi connectivity index (χ3v) is 2.21. The van der Waals surface area contributed by atoms with Crippen molar-refractivity contribution in [3.63, 3.8) is 0 Å². The van der Waals surface area contributed by atoms with Crippen molar-refractivity contribution in [2.45, 2.75) is 45.4 Å². The van der Waals surface area contributed by atoms with E-state index in [1.54, 1.807) is 0 Å². The lowest BCUT2D eigenvalue weighted by Gasteiger charge is -2.02. The van der Waals surface area contributed by atoms with E-state index in [4.69, 9.17) is 0 Å². The normalized spacial score (nSPS) is 10.6. The number of rotatable bonds is 10. The van der Waals surface area contributed by atoms with Crippen LogP contribution in [0.5, 0.6) is 0 Å². The van der Waals surface area contributed by atoms with Crippen LogP contribution in [0.3, 0.4) is 0 Å². The number of nitrogens with one attached hydrogen (secondary N) is 2. The number of hydrogen-bond donors (Lipinski definition) is 2. The minimum absolute atomic E-state index is 1.17. The molecule has 0 aromatic heterocycles. The molecule has 0 heterocycles. The Balaban J connectivity index is 2.76. The summed E-state index contributed by atoms with van der Waals surface area (Å²) in [6.07, 6.45) is 8.10. The lowest BCUT2D eigenvalue weighted by Crippen LogP contribution is -2.15. The van der Waals surface area contributed by atoms with Crippen molar-refractivity contribution in [2.24, 2.45) is 0 Å². The van der Waals surface area contributed by atoms with Crippen LogP contribution in [0.25, 0.3) is 0 Å². The fourth-order valence-corrected chi connectivity index (χ4v) is 1.38. The van der Waals surface area contributed by atoms with Crippen LogP contribution in [-0.2, 0) is 0 Å². The molecule has 2 N–H and O–H groups in total. The van der Waals surface area contributed by atoms with E-state index in [-0.39, 0.29) is 0 Å². The largest absolute Gasteiger partial charge is 0.320 e. The molecule has 0 radical (unpaired) electrons. The van der Waals surface area contributed by atoms with Gasteiger partial charge in [-0.2, -0.15) is 0 Å². The van der Waals surface area contributed by atoms with Gasteiger partial charge >= 0.3 is 0 Å². The van der Waals surface area contributed by atoms with Gasteiger partial charge in [-0.25, -0.2) is 0 Å². The first-order chi connectivity index (χ1) is 6.41. The molecule has 0 unspecified atom stereocenters.